The van der Waals surface area contributed by atoms with Crippen molar-refractivity contribution in [2.24, 2.45) is 11.8 Å². The standard InChI is InChI=1S/C37H47ClN6O5/c1-42(2)29-20-43(21-29)37(46)49-30-12-10-26(11-13-30)36(45)44(33-17-27(14-15-39-33)32-22-48-34(41-32)25-8-9-25)19-23-4-6-24(7-5-23)28-16-31(38)35(47-3)40-18-28/h14-18,22-26,29-30H,4-13,19-21H2,1-3H3. The van der Waals surface area contributed by atoms with Crippen LogP contribution in [0.5, 0.6) is 5.88 Å². The number of pyridine rings is 2. The molecule has 0 spiro atoms. The Morgan fingerprint density at radius 3 is 2.39 bits per heavy atom. The number of halogens is 1. The minimum Gasteiger partial charge on any atom is -0.480 e. The summed E-state index contributed by atoms with van der Waals surface area (Å²) in [6.45, 7) is 2.00. The highest BCUT2D eigenvalue weighted by Gasteiger charge is 2.37. The van der Waals surface area contributed by atoms with Crippen LogP contribution in [0.15, 0.2) is 41.3 Å². The Balaban J connectivity index is 1.02. The molecule has 0 unspecified atom stereocenters. The minimum atomic E-state index is -0.239. The molecule has 262 valence electrons. The van der Waals surface area contributed by atoms with Gasteiger partial charge in [0.15, 0.2) is 5.89 Å². The van der Waals surface area contributed by atoms with Crippen LogP contribution in [0.4, 0.5) is 10.6 Å². The summed E-state index contributed by atoms with van der Waals surface area (Å²) in [7, 11) is 5.63. The average Bonchev–Trinajstić information content (AvgIpc) is 3.82. The Morgan fingerprint density at radius 2 is 1.71 bits per heavy atom. The number of aromatic nitrogens is 3. The molecule has 4 heterocycles. The molecule has 1 aliphatic heterocycles. The van der Waals surface area contributed by atoms with Crippen molar-refractivity contribution in [2.75, 3.05) is 45.7 Å². The highest BCUT2D eigenvalue weighted by Crippen LogP contribution is 2.41. The van der Waals surface area contributed by atoms with Crippen molar-refractivity contribution in [2.45, 2.75) is 88.2 Å². The Morgan fingerprint density at radius 1 is 0.980 bits per heavy atom. The number of methoxy groups -OCH3 is 1. The van der Waals surface area contributed by atoms with Gasteiger partial charge in [0.05, 0.1) is 7.11 Å². The highest BCUT2D eigenvalue weighted by atomic mass is 35.5. The summed E-state index contributed by atoms with van der Waals surface area (Å²) in [4.78, 5) is 46.8. The zero-order chi connectivity index (χ0) is 34.1. The monoisotopic (exact) mass is 690 g/mol. The lowest BCUT2D eigenvalue weighted by Crippen LogP contribution is -2.59. The second kappa shape index (κ2) is 14.6. The summed E-state index contributed by atoms with van der Waals surface area (Å²) in [5, 5.41) is 0.532. The second-order valence-corrected chi connectivity index (χ2v) is 15.0. The molecule has 3 saturated carbocycles. The van der Waals surface area contributed by atoms with Crippen LogP contribution >= 0.6 is 11.6 Å². The van der Waals surface area contributed by atoms with Crippen LogP contribution < -0.4 is 9.64 Å². The van der Waals surface area contributed by atoms with Gasteiger partial charge in [-0.25, -0.2) is 19.7 Å². The first-order valence-corrected chi connectivity index (χ1v) is 18.2. The van der Waals surface area contributed by atoms with Gasteiger partial charge in [-0.1, -0.05) is 11.6 Å². The molecule has 49 heavy (non-hydrogen) atoms. The molecule has 0 aromatic carbocycles. The molecular formula is C37H47ClN6O5. The van der Waals surface area contributed by atoms with Gasteiger partial charge in [-0.2, -0.15) is 0 Å². The van der Waals surface area contributed by atoms with Gasteiger partial charge in [0, 0.05) is 55.5 Å². The van der Waals surface area contributed by atoms with Crippen LogP contribution in [0.3, 0.4) is 0 Å². The van der Waals surface area contributed by atoms with E-state index in [9.17, 15) is 9.59 Å². The topological polar surface area (TPSA) is 114 Å². The fraction of sp³-hybridized carbons (Fsp3) is 0.595. The van der Waals surface area contributed by atoms with Gasteiger partial charge in [0.25, 0.3) is 0 Å². The van der Waals surface area contributed by atoms with E-state index >= 15 is 0 Å². The van der Waals surface area contributed by atoms with Gasteiger partial charge < -0.3 is 23.7 Å². The normalized spacial score (nSPS) is 24.4. The van der Waals surface area contributed by atoms with E-state index in [1.54, 1.807) is 24.5 Å². The third-order valence-electron chi connectivity index (χ3n) is 11.0. The molecule has 4 aliphatic rings. The number of rotatable bonds is 10. The van der Waals surface area contributed by atoms with Gasteiger partial charge in [0.1, 0.15) is 28.9 Å². The summed E-state index contributed by atoms with van der Waals surface area (Å²) < 4.78 is 16.9. The first-order chi connectivity index (χ1) is 23.7. The van der Waals surface area contributed by atoms with Crippen molar-refractivity contribution >= 4 is 29.4 Å². The molecule has 0 radical (unpaired) electrons. The third-order valence-corrected chi connectivity index (χ3v) is 11.2. The fourth-order valence-corrected chi connectivity index (χ4v) is 7.76. The number of likely N-dealkylation sites (tertiary alicyclic amines) is 1. The van der Waals surface area contributed by atoms with E-state index in [0.717, 1.165) is 61.2 Å². The second-order valence-electron chi connectivity index (χ2n) is 14.6. The molecule has 2 amide bonds. The van der Waals surface area contributed by atoms with Gasteiger partial charge in [-0.3, -0.25) is 9.69 Å². The van der Waals surface area contributed by atoms with Crippen LogP contribution in [0.1, 0.15) is 87.5 Å². The summed E-state index contributed by atoms with van der Waals surface area (Å²) in [6, 6.07) is 6.26. The smallest absolute Gasteiger partial charge is 0.410 e. The number of likely N-dealkylation sites (N-methyl/N-ethyl adjacent to an activating group) is 1. The van der Waals surface area contributed by atoms with Crippen LogP contribution in [-0.4, -0.2) is 89.7 Å². The largest absolute Gasteiger partial charge is 0.480 e. The summed E-state index contributed by atoms with van der Waals surface area (Å²) in [5.74, 6) is 2.94. The third kappa shape index (κ3) is 7.72. The molecule has 3 aliphatic carbocycles. The van der Waals surface area contributed by atoms with Crippen LogP contribution in [0.2, 0.25) is 5.02 Å². The Bertz CT molecular complexity index is 1620. The van der Waals surface area contributed by atoms with E-state index in [2.05, 4.69) is 9.88 Å². The van der Waals surface area contributed by atoms with Crippen molar-refractivity contribution < 1.29 is 23.5 Å². The van der Waals surface area contributed by atoms with Crippen molar-refractivity contribution in [3.05, 3.63) is 53.3 Å². The first kappa shape index (κ1) is 33.8. The zero-order valence-electron chi connectivity index (χ0n) is 28.7. The molecule has 3 aromatic rings. The number of oxazole rings is 1. The molecule has 4 fully saturated rings. The number of hydrogen-bond donors (Lipinski definition) is 0. The first-order valence-electron chi connectivity index (χ1n) is 17.8. The number of nitrogens with zero attached hydrogens (tertiary/aromatic N) is 6. The molecule has 0 N–H and O–H groups in total. The van der Waals surface area contributed by atoms with Crippen molar-refractivity contribution in [3.8, 4) is 17.1 Å². The summed E-state index contributed by atoms with van der Waals surface area (Å²) in [6.07, 6.45) is 13.9. The fourth-order valence-electron chi connectivity index (χ4n) is 7.51. The van der Waals surface area contributed by atoms with Gasteiger partial charge >= 0.3 is 6.09 Å². The lowest BCUT2D eigenvalue weighted by Gasteiger charge is -2.42. The lowest BCUT2D eigenvalue weighted by molar-refractivity contribution is -0.124. The predicted molar refractivity (Wildman–Crippen MR) is 186 cm³/mol. The maximum atomic E-state index is 14.4. The van der Waals surface area contributed by atoms with E-state index in [1.807, 2.05) is 43.4 Å². The Kier molecular flexibility index (Phi) is 10.1. The van der Waals surface area contributed by atoms with Crippen LogP contribution in [0, 0.1) is 11.8 Å². The van der Waals surface area contributed by atoms with Crippen molar-refractivity contribution in [1.82, 2.24) is 24.8 Å². The maximum Gasteiger partial charge on any atom is 0.410 e. The Labute approximate surface area is 293 Å². The highest BCUT2D eigenvalue weighted by molar-refractivity contribution is 6.31. The van der Waals surface area contributed by atoms with Gasteiger partial charge in [-0.15, -0.1) is 0 Å². The average molecular weight is 691 g/mol. The van der Waals surface area contributed by atoms with Gasteiger partial charge in [-0.05, 0) is 114 Å². The predicted octanol–water partition coefficient (Wildman–Crippen LogP) is 6.92. The van der Waals surface area contributed by atoms with Crippen molar-refractivity contribution in [3.63, 3.8) is 0 Å². The van der Waals surface area contributed by atoms with E-state index in [-0.39, 0.29) is 24.0 Å². The number of anilines is 1. The molecule has 1 saturated heterocycles. The lowest BCUT2D eigenvalue weighted by atomic mass is 9.78. The van der Waals surface area contributed by atoms with Crippen LogP contribution in [0.25, 0.3) is 11.3 Å². The number of carbonyl (C=O) groups is 2. The number of carbonyl (C=O) groups excluding carboxylic acids is 2. The maximum absolute atomic E-state index is 14.4. The quantitative estimate of drug-likeness (QED) is 0.224. The summed E-state index contributed by atoms with van der Waals surface area (Å²) >= 11 is 6.39. The molecule has 11 nitrogen and oxygen atoms in total. The molecule has 0 atom stereocenters. The van der Waals surface area contributed by atoms with Crippen molar-refractivity contribution in [1.29, 1.82) is 0 Å². The van der Waals surface area contributed by atoms with E-state index in [4.69, 9.17) is 35.5 Å². The van der Waals surface area contributed by atoms with Crippen LogP contribution in [-0.2, 0) is 9.53 Å². The molecule has 7 rings (SSSR count). The molecule has 0 bridgehead atoms. The molecule has 3 aromatic heterocycles. The molecular weight excluding hydrogens is 644 g/mol. The Hall–Kier alpha value is -3.70. The number of hydrogen-bond acceptors (Lipinski definition) is 9. The van der Waals surface area contributed by atoms with E-state index in [0.29, 0.717) is 85.8 Å². The number of amides is 2. The molecule has 12 heteroatoms. The zero-order valence-corrected chi connectivity index (χ0v) is 29.5. The summed E-state index contributed by atoms with van der Waals surface area (Å²) in [5.41, 5.74) is 2.80. The van der Waals surface area contributed by atoms with E-state index < -0.39 is 0 Å². The van der Waals surface area contributed by atoms with Gasteiger partial charge in [0.2, 0.25) is 11.8 Å². The number of ether oxygens (including phenoxy) is 2. The van der Waals surface area contributed by atoms with E-state index in [1.165, 1.54) is 0 Å². The minimum absolute atomic E-state index is 0.0954. The SMILES string of the molecule is COc1ncc(C2CCC(CN(C(=O)C3CCC(OC(=O)N4CC(N(C)C)C4)CC3)c3cc(-c4coc(C5CC5)n4)ccn3)CC2)cc1Cl.